The number of hydrogen-bond acceptors (Lipinski definition) is 8. The molecule has 2 aromatic heterocycles. The van der Waals surface area contributed by atoms with Gasteiger partial charge in [0, 0.05) is 92.0 Å². The molecule has 0 unspecified atom stereocenters. The second-order valence-corrected chi connectivity index (χ2v) is 13.7. The molecule has 3 aliphatic heterocycles. The first kappa shape index (κ1) is 33.2. The number of carbonyl (C=O) groups excluding carboxylic acids is 2. The maximum absolute atomic E-state index is 15.7. The van der Waals surface area contributed by atoms with E-state index in [1.165, 1.54) is 0 Å². The lowest BCUT2D eigenvalue weighted by Gasteiger charge is -2.47. The molecule has 49 heavy (non-hydrogen) atoms. The second-order valence-electron chi connectivity index (χ2n) is 13.0. The molecule has 1 atom stereocenters. The lowest BCUT2D eigenvalue weighted by atomic mass is 9.79. The van der Waals surface area contributed by atoms with Crippen molar-refractivity contribution < 1.29 is 18.7 Å². The summed E-state index contributed by atoms with van der Waals surface area (Å²) in [7, 11) is 1.57. The van der Waals surface area contributed by atoms with Crippen molar-refractivity contribution >= 4 is 46.4 Å². The number of pyridine rings is 2. The third kappa shape index (κ3) is 6.94. The molecule has 5 heterocycles. The Bertz CT molecular complexity index is 1920. The van der Waals surface area contributed by atoms with Crippen molar-refractivity contribution in [3.05, 3.63) is 87.8 Å². The van der Waals surface area contributed by atoms with Crippen LogP contribution in [-0.2, 0) is 22.7 Å². The number of aromatic nitrogens is 2. The Morgan fingerprint density at radius 3 is 2.57 bits per heavy atom. The second kappa shape index (κ2) is 13.9. The molecule has 10 nitrogen and oxygen atoms in total. The average Bonchev–Trinajstić information content (AvgIpc) is 3.69. The Hall–Kier alpha value is -4.29. The lowest BCUT2D eigenvalue weighted by molar-refractivity contribution is -0.121. The van der Waals surface area contributed by atoms with E-state index in [9.17, 15) is 9.59 Å². The number of amides is 2. The van der Waals surface area contributed by atoms with E-state index in [1.54, 1.807) is 37.6 Å². The van der Waals surface area contributed by atoms with E-state index in [1.807, 2.05) is 30.3 Å². The van der Waals surface area contributed by atoms with Crippen molar-refractivity contribution in [3.63, 3.8) is 0 Å². The number of carbonyl (C=O) groups is 2. The smallest absolute Gasteiger partial charge is 0.220 e. The van der Waals surface area contributed by atoms with Gasteiger partial charge >= 0.3 is 0 Å². The molecule has 0 radical (unpaired) electrons. The van der Waals surface area contributed by atoms with Gasteiger partial charge in [-0.1, -0.05) is 53.5 Å². The van der Waals surface area contributed by atoms with Crippen LogP contribution in [0.3, 0.4) is 0 Å². The number of ether oxygens (including phenoxy) is 1. The van der Waals surface area contributed by atoms with E-state index in [-0.39, 0.29) is 29.1 Å². The van der Waals surface area contributed by atoms with Crippen LogP contribution in [0.2, 0.25) is 10.0 Å². The predicted molar refractivity (Wildman–Crippen MR) is 187 cm³/mol. The van der Waals surface area contributed by atoms with Gasteiger partial charge in [-0.25, -0.2) is 9.37 Å². The zero-order valence-corrected chi connectivity index (χ0v) is 28.4. The maximum atomic E-state index is 15.7. The first-order valence-electron chi connectivity index (χ1n) is 16.2. The van der Waals surface area contributed by atoms with Crippen LogP contribution in [-0.4, -0.2) is 66.0 Å². The fourth-order valence-corrected chi connectivity index (χ4v) is 7.53. The standard InChI is InChI=1S/C36H36Cl2FN7O3/c1-49-35-21(15-40-16-23-9-11-29(47)43-23)8-10-26(45-35)24-12-13-41-34(32(24)38)25-5-3-6-27(31(25)37)44-28-7-2-4-22(33(28)39)17-46-19-36(20-46)14-30(48)42-18-36/h2-8,10,12-13,23,40,44H,9,11,14-20H2,1H3,(H,42,48)(H,43,47)/t23-/m0/s1. The summed E-state index contributed by atoms with van der Waals surface area (Å²) >= 11 is 13.9. The largest absolute Gasteiger partial charge is 0.481 e. The molecular formula is C36H36Cl2FN7O3. The normalized spacial score (nSPS) is 18.3. The van der Waals surface area contributed by atoms with Crippen LogP contribution >= 0.6 is 23.2 Å². The van der Waals surface area contributed by atoms with Crippen LogP contribution < -0.4 is 26.0 Å². The highest BCUT2D eigenvalue weighted by Crippen LogP contribution is 2.42. The zero-order valence-electron chi connectivity index (χ0n) is 26.9. The molecule has 254 valence electrons. The van der Waals surface area contributed by atoms with E-state index >= 15 is 4.39 Å². The number of nitrogens with one attached hydrogen (secondary N) is 4. The van der Waals surface area contributed by atoms with Gasteiger partial charge in [-0.3, -0.25) is 19.5 Å². The Kier molecular flexibility index (Phi) is 9.43. The SMILES string of the molecule is COc1nc(-c2ccnc(-c3cccc(Nc4cccc(CN5CC6(CNC(=O)C6)C5)c4F)c3Cl)c2Cl)ccc1CNC[C@@H]1CCC(=O)N1. The summed E-state index contributed by atoms with van der Waals surface area (Å²) in [6.45, 7) is 3.83. The molecule has 0 saturated carbocycles. The van der Waals surface area contributed by atoms with Crippen LogP contribution in [0.1, 0.15) is 30.4 Å². The number of anilines is 2. The van der Waals surface area contributed by atoms with E-state index < -0.39 is 0 Å². The minimum atomic E-state index is -0.354. The van der Waals surface area contributed by atoms with Crippen LogP contribution in [0, 0.1) is 11.2 Å². The monoisotopic (exact) mass is 703 g/mol. The molecular weight excluding hydrogens is 668 g/mol. The number of hydrogen-bond donors (Lipinski definition) is 4. The van der Waals surface area contributed by atoms with Crippen molar-refractivity contribution in [2.24, 2.45) is 5.41 Å². The lowest BCUT2D eigenvalue weighted by Crippen LogP contribution is -2.56. The Morgan fingerprint density at radius 2 is 1.82 bits per heavy atom. The highest BCUT2D eigenvalue weighted by molar-refractivity contribution is 6.39. The van der Waals surface area contributed by atoms with Crippen LogP contribution in [0.15, 0.2) is 60.8 Å². The fourth-order valence-electron chi connectivity index (χ4n) is 6.96. The zero-order chi connectivity index (χ0) is 34.1. The molecule has 0 bridgehead atoms. The van der Waals surface area contributed by atoms with Crippen LogP contribution in [0.5, 0.6) is 5.88 Å². The first-order valence-corrected chi connectivity index (χ1v) is 17.0. The Labute approximate surface area is 293 Å². The molecule has 3 aliphatic rings. The highest BCUT2D eigenvalue weighted by Gasteiger charge is 2.47. The number of methoxy groups -OCH3 is 1. The van der Waals surface area contributed by atoms with E-state index in [2.05, 4.69) is 31.2 Å². The molecule has 7 rings (SSSR count). The number of benzene rings is 2. The van der Waals surface area contributed by atoms with Crippen molar-refractivity contribution in [2.45, 2.75) is 38.4 Å². The Balaban J connectivity index is 1.07. The maximum Gasteiger partial charge on any atom is 0.220 e. The van der Waals surface area contributed by atoms with Crippen LogP contribution in [0.4, 0.5) is 15.8 Å². The molecule has 4 aromatic rings. The highest BCUT2D eigenvalue weighted by atomic mass is 35.5. The average molecular weight is 705 g/mol. The molecule has 4 N–H and O–H groups in total. The third-order valence-corrected chi connectivity index (χ3v) is 10.2. The summed E-state index contributed by atoms with van der Waals surface area (Å²) in [5.41, 5.74) is 4.50. The number of rotatable bonds is 11. The quantitative estimate of drug-likeness (QED) is 0.157. The number of halogens is 3. The molecule has 2 aromatic carbocycles. The van der Waals surface area contributed by atoms with Gasteiger partial charge in [-0.15, -0.1) is 0 Å². The summed E-state index contributed by atoms with van der Waals surface area (Å²) < 4.78 is 21.4. The van der Waals surface area contributed by atoms with Gasteiger partial charge in [0.15, 0.2) is 5.82 Å². The summed E-state index contributed by atoms with van der Waals surface area (Å²) in [6.07, 6.45) is 3.55. The van der Waals surface area contributed by atoms with Crippen LogP contribution in [0.25, 0.3) is 22.5 Å². The molecule has 1 spiro atoms. The minimum absolute atomic E-state index is 0.0240. The summed E-state index contributed by atoms with van der Waals surface area (Å²) in [4.78, 5) is 34.6. The molecule has 0 aliphatic carbocycles. The topological polar surface area (TPSA) is 121 Å². The number of nitrogens with zero attached hydrogens (tertiary/aromatic N) is 3. The summed E-state index contributed by atoms with van der Waals surface area (Å²) in [6, 6.07) is 16.4. The van der Waals surface area contributed by atoms with Crippen molar-refractivity contribution in [2.75, 3.05) is 38.6 Å². The van der Waals surface area contributed by atoms with E-state index in [0.717, 1.165) is 25.1 Å². The van der Waals surface area contributed by atoms with Crippen molar-refractivity contribution in [3.8, 4) is 28.4 Å². The van der Waals surface area contributed by atoms with Gasteiger partial charge < -0.3 is 26.0 Å². The predicted octanol–water partition coefficient (Wildman–Crippen LogP) is 5.70. The molecule has 2 amide bonds. The minimum Gasteiger partial charge on any atom is -0.481 e. The van der Waals surface area contributed by atoms with Gasteiger partial charge in [0.05, 0.1) is 39.9 Å². The van der Waals surface area contributed by atoms with Gasteiger partial charge in [-0.2, -0.15) is 0 Å². The fraction of sp³-hybridized carbons (Fsp3) is 0.333. The van der Waals surface area contributed by atoms with E-state index in [0.29, 0.717) is 94.4 Å². The van der Waals surface area contributed by atoms with Gasteiger partial charge in [0.25, 0.3) is 0 Å². The Morgan fingerprint density at radius 1 is 1.00 bits per heavy atom. The molecule has 3 saturated heterocycles. The summed E-state index contributed by atoms with van der Waals surface area (Å²) in [5.74, 6) is 0.278. The third-order valence-electron chi connectivity index (χ3n) is 9.40. The van der Waals surface area contributed by atoms with Gasteiger partial charge in [-0.05, 0) is 30.7 Å². The van der Waals surface area contributed by atoms with Crippen molar-refractivity contribution in [1.29, 1.82) is 0 Å². The van der Waals surface area contributed by atoms with Crippen molar-refractivity contribution in [1.82, 2.24) is 30.8 Å². The first-order chi connectivity index (χ1) is 23.7. The molecule has 3 fully saturated rings. The molecule has 13 heteroatoms. The van der Waals surface area contributed by atoms with E-state index in [4.69, 9.17) is 32.9 Å². The summed E-state index contributed by atoms with van der Waals surface area (Å²) in [5, 5.41) is 13.1. The number of likely N-dealkylation sites (tertiary alicyclic amines) is 1. The van der Waals surface area contributed by atoms with Gasteiger partial charge in [0.2, 0.25) is 17.7 Å². The van der Waals surface area contributed by atoms with Gasteiger partial charge in [0.1, 0.15) is 0 Å².